The van der Waals surface area contributed by atoms with Gasteiger partial charge >= 0.3 is 5.97 Å². The van der Waals surface area contributed by atoms with Crippen LogP contribution in [0.5, 0.6) is 0 Å². The van der Waals surface area contributed by atoms with Crippen molar-refractivity contribution in [1.82, 2.24) is 4.90 Å². The highest BCUT2D eigenvalue weighted by Gasteiger charge is 2.44. The molecule has 2 aliphatic rings. The molecule has 0 aromatic rings. The number of ether oxygens (including phenoxy) is 1. The highest BCUT2D eigenvalue weighted by Crippen LogP contribution is 2.33. The molecule has 3 unspecified atom stereocenters. The van der Waals surface area contributed by atoms with Gasteiger partial charge in [-0.1, -0.05) is 0 Å². The van der Waals surface area contributed by atoms with E-state index in [0.717, 1.165) is 6.42 Å². The number of hydrogen-bond acceptors (Lipinski definition) is 3. The zero-order valence-electron chi connectivity index (χ0n) is 10.3. The number of carboxylic acids is 1. The number of hydrogen-bond donors (Lipinski definition) is 1. The normalized spacial score (nSPS) is 37.4. The van der Waals surface area contributed by atoms with Gasteiger partial charge in [-0.15, -0.1) is 0 Å². The molecule has 2 heterocycles. The van der Waals surface area contributed by atoms with Gasteiger partial charge in [0.2, 0.25) is 5.91 Å². The Balaban J connectivity index is 2.01. The summed E-state index contributed by atoms with van der Waals surface area (Å²) in [5, 5.41) is 9.13. The molecule has 0 aliphatic carbocycles. The number of nitrogens with zero attached hydrogens (tertiary/aromatic N) is 1. The fourth-order valence-electron chi connectivity index (χ4n) is 2.61. The Bertz CT molecular complexity index is 343. The van der Waals surface area contributed by atoms with E-state index < -0.39 is 11.4 Å². The third-order valence-electron chi connectivity index (χ3n) is 3.99. The quantitative estimate of drug-likeness (QED) is 0.774. The van der Waals surface area contributed by atoms with Gasteiger partial charge in [0.05, 0.1) is 17.4 Å². The summed E-state index contributed by atoms with van der Waals surface area (Å²) in [7, 11) is 0. The van der Waals surface area contributed by atoms with Crippen molar-refractivity contribution in [1.29, 1.82) is 0 Å². The van der Waals surface area contributed by atoms with E-state index in [-0.39, 0.29) is 17.9 Å². The number of carbonyl (C=O) groups excluding carboxylic acids is 1. The van der Waals surface area contributed by atoms with Crippen LogP contribution in [0.25, 0.3) is 0 Å². The molecule has 3 atom stereocenters. The number of likely N-dealkylation sites (tertiary alicyclic amines) is 1. The second-order valence-electron chi connectivity index (χ2n) is 5.35. The molecular weight excluding hydrogens is 222 g/mol. The molecule has 2 rings (SSSR count). The molecule has 2 fully saturated rings. The molecule has 2 aliphatic heterocycles. The van der Waals surface area contributed by atoms with Crippen LogP contribution in [-0.4, -0.2) is 47.7 Å². The Morgan fingerprint density at radius 1 is 1.47 bits per heavy atom. The van der Waals surface area contributed by atoms with Gasteiger partial charge < -0.3 is 14.7 Å². The van der Waals surface area contributed by atoms with Crippen LogP contribution in [0.3, 0.4) is 0 Å². The van der Waals surface area contributed by atoms with Crippen molar-refractivity contribution in [3.05, 3.63) is 0 Å². The lowest BCUT2D eigenvalue weighted by atomic mass is 9.90. The van der Waals surface area contributed by atoms with Crippen LogP contribution in [0.4, 0.5) is 0 Å². The molecule has 1 amide bonds. The maximum atomic E-state index is 12.2. The lowest BCUT2D eigenvalue weighted by Gasteiger charge is -2.24. The summed E-state index contributed by atoms with van der Waals surface area (Å²) in [6.45, 7) is 5.11. The van der Waals surface area contributed by atoms with E-state index >= 15 is 0 Å². The van der Waals surface area contributed by atoms with Gasteiger partial charge in [-0.05, 0) is 26.7 Å². The predicted molar refractivity (Wildman–Crippen MR) is 60.5 cm³/mol. The van der Waals surface area contributed by atoms with Gasteiger partial charge in [-0.2, -0.15) is 0 Å². The van der Waals surface area contributed by atoms with Crippen LogP contribution in [0.15, 0.2) is 0 Å². The van der Waals surface area contributed by atoms with E-state index in [9.17, 15) is 9.59 Å². The standard InChI is InChI=1S/C12H19NO4/c1-8-9(3-6-17-8)10(14)13-5-4-12(2,7-13)11(15)16/h8-9H,3-7H2,1-2H3,(H,15,16). The Kier molecular flexibility index (Phi) is 3.12. The number of amides is 1. The van der Waals surface area contributed by atoms with Gasteiger partial charge in [0, 0.05) is 19.7 Å². The topological polar surface area (TPSA) is 66.8 Å². The van der Waals surface area contributed by atoms with E-state index in [1.54, 1.807) is 11.8 Å². The first-order valence-corrected chi connectivity index (χ1v) is 6.08. The molecule has 0 aromatic heterocycles. The molecule has 96 valence electrons. The third-order valence-corrected chi connectivity index (χ3v) is 3.99. The third kappa shape index (κ3) is 2.16. The number of carboxylic acid groups (broad SMARTS) is 1. The van der Waals surface area contributed by atoms with Crippen molar-refractivity contribution in [2.45, 2.75) is 32.8 Å². The summed E-state index contributed by atoms with van der Waals surface area (Å²) in [4.78, 5) is 25.0. The molecule has 0 radical (unpaired) electrons. The van der Waals surface area contributed by atoms with Crippen molar-refractivity contribution in [3.8, 4) is 0 Å². The van der Waals surface area contributed by atoms with Gasteiger partial charge in [-0.3, -0.25) is 9.59 Å². The molecule has 5 heteroatoms. The average molecular weight is 241 g/mol. The summed E-state index contributed by atoms with van der Waals surface area (Å²) in [5.41, 5.74) is -0.779. The summed E-state index contributed by atoms with van der Waals surface area (Å²) in [6, 6.07) is 0. The van der Waals surface area contributed by atoms with Gasteiger partial charge in [0.1, 0.15) is 0 Å². The van der Waals surface area contributed by atoms with Crippen molar-refractivity contribution in [3.63, 3.8) is 0 Å². The first-order chi connectivity index (χ1) is 7.94. The molecule has 0 aromatic carbocycles. The van der Waals surface area contributed by atoms with Crippen molar-refractivity contribution in [2.75, 3.05) is 19.7 Å². The Morgan fingerprint density at radius 3 is 2.65 bits per heavy atom. The molecule has 0 bridgehead atoms. The summed E-state index contributed by atoms with van der Waals surface area (Å²) in [6.07, 6.45) is 1.25. The number of aliphatic carboxylic acids is 1. The van der Waals surface area contributed by atoms with E-state index in [1.807, 2.05) is 6.92 Å². The van der Waals surface area contributed by atoms with Gasteiger partial charge in [0.15, 0.2) is 0 Å². The molecule has 5 nitrogen and oxygen atoms in total. The average Bonchev–Trinajstić information content (AvgIpc) is 2.85. The van der Waals surface area contributed by atoms with Crippen LogP contribution in [-0.2, 0) is 14.3 Å². The van der Waals surface area contributed by atoms with Crippen LogP contribution in [0.1, 0.15) is 26.7 Å². The summed E-state index contributed by atoms with van der Waals surface area (Å²) < 4.78 is 5.38. The minimum absolute atomic E-state index is 0.0424. The molecular formula is C12H19NO4. The maximum absolute atomic E-state index is 12.2. The highest BCUT2D eigenvalue weighted by molar-refractivity contribution is 5.82. The fourth-order valence-corrected chi connectivity index (χ4v) is 2.61. The fraction of sp³-hybridized carbons (Fsp3) is 0.833. The Morgan fingerprint density at radius 2 is 2.18 bits per heavy atom. The molecule has 1 N–H and O–H groups in total. The zero-order chi connectivity index (χ0) is 12.6. The van der Waals surface area contributed by atoms with E-state index in [1.165, 1.54) is 0 Å². The minimum Gasteiger partial charge on any atom is -0.481 e. The summed E-state index contributed by atoms with van der Waals surface area (Å²) >= 11 is 0. The summed E-state index contributed by atoms with van der Waals surface area (Å²) in [5.74, 6) is -0.852. The lowest BCUT2D eigenvalue weighted by Crippen LogP contribution is -2.39. The monoisotopic (exact) mass is 241 g/mol. The van der Waals surface area contributed by atoms with Crippen LogP contribution >= 0.6 is 0 Å². The molecule has 2 saturated heterocycles. The number of carbonyl (C=O) groups is 2. The second kappa shape index (κ2) is 4.29. The SMILES string of the molecule is CC1OCCC1C(=O)N1CCC(C)(C(=O)O)C1. The number of rotatable bonds is 2. The second-order valence-corrected chi connectivity index (χ2v) is 5.35. The zero-order valence-corrected chi connectivity index (χ0v) is 10.3. The van der Waals surface area contributed by atoms with Crippen molar-refractivity contribution >= 4 is 11.9 Å². The highest BCUT2D eigenvalue weighted by atomic mass is 16.5. The van der Waals surface area contributed by atoms with Gasteiger partial charge in [-0.25, -0.2) is 0 Å². The Labute approximate surface area is 101 Å². The first kappa shape index (κ1) is 12.4. The molecule has 0 spiro atoms. The Hall–Kier alpha value is -1.10. The molecule has 17 heavy (non-hydrogen) atoms. The first-order valence-electron chi connectivity index (χ1n) is 6.08. The predicted octanol–water partition coefficient (Wildman–Crippen LogP) is 0.735. The van der Waals surface area contributed by atoms with Crippen LogP contribution in [0.2, 0.25) is 0 Å². The maximum Gasteiger partial charge on any atom is 0.311 e. The minimum atomic E-state index is -0.816. The van der Waals surface area contributed by atoms with E-state index in [4.69, 9.17) is 9.84 Å². The van der Waals surface area contributed by atoms with E-state index in [0.29, 0.717) is 26.1 Å². The smallest absolute Gasteiger partial charge is 0.311 e. The molecule has 0 saturated carbocycles. The van der Waals surface area contributed by atoms with Gasteiger partial charge in [0.25, 0.3) is 0 Å². The largest absolute Gasteiger partial charge is 0.481 e. The van der Waals surface area contributed by atoms with Crippen molar-refractivity contribution in [2.24, 2.45) is 11.3 Å². The lowest BCUT2D eigenvalue weighted by molar-refractivity contribution is -0.147. The van der Waals surface area contributed by atoms with Crippen LogP contribution < -0.4 is 0 Å². The van der Waals surface area contributed by atoms with Crippen LogP contribution in [0, 0.1) is 11.3 Å². The van der Waals surface area contributed by atoms with E-state index in [2.05, 4.69) is 0 Å². The van der Waals surface area contributed by atoms with Crippen molar-refractivity contribution < 1.29 is 19.4 Å².